The number of para-hydroxylation sites is 1. The van der Waals surface area contributed by atoms with Gasteiger partial charge in [-0.25, -0.2) is 9.37 Å². The molecule has 0 aliphatic heterocycles. The van der Waals surface area contributed by atoms with E-state index in [9.17, 15) is 14.0 Å². The van der Waals surface area contributed by atoms with Gasteiger partial charge in [0.1, 0.15) is 11.6 Å². The largest absolute Gasteiger partial charge is 0.493 e. The summed E-state index contributed by atoms with van der Waals surface area (Å²) in [5.41, 5.74) is 0.991. The van der Waals surface area contributed by atoms with E-state index < -0.39 is 11.7 Å². The maximum Gasteiger partial charge on any atom is 0.282 e. The number of nitrogens with one attached hydrogen (secondary N) is 1. The maximum atomic E-state index is 13.8. The summed E-state index contributed by atoms with van der Waals surface area (Å²) in [6.45, 7) is 3.65. The van der Waals surface area contributed by atoms with Gasteiger partial charge in [-0.3, -0.25) is 9.59 Å². The number of hydrogen-bond acceptors (Lipinski definition) is 6. The lowest BCUT2D eigenvalue weighted by Crippen LogP contribution is -2.23. The average Bonchev–Trinajstić information content (AvgIpc) is 2.93. The van der Waals surface area contributed by atoms with Gasteiger partial charge in [-0.1, -0.05) is 41.9 Å². The third-order valence-corrected chi connectivity index (χ3v) is 7.17. The van der Waals surface area contributed by atoms with Crippen LogP contribution in [-0.2, 0) is 4.79 Å². The van der Waals surface area contributed by atoms with Crippen LogP contribution in [0.3, 0.4) is 0 Å². The van der Waals surface area contributed by atoms with Gasteiger partial charge in [0.2, 0.25) is 0 Å². The van der Waals surface area contributed by atoms with Crippen molar-refractivity contribution in [2.45, 2.75) is 26.2 Å². The minimum atomic E-state index is -0.542. The van der Waals surface area contributed by atoms with Crippen LogP contribution in [0.5, 0.6) is 11.5 Å². The van der Waals surface area contributed by atoms with Crippen molar-refractivity contribution < 1.29 is 18.7 Å². The first-order valence-corrected chi connectivity index (χ1v) is 13.6. The predicted molar refractivity (Wildman–Crippen MR) is 157 cm³/mol. The summed E-state index contributed by atoms with van der Waals surface area (Å²) in [4.78, 5) is 30.4. The molecule has 4 rings (SSSR count). The zero-order valence-corrected chi connectivity index (χ0v) is 24.5. The van der Waals surface area contributed by atoms with Crippen molar-refractivity contribution in [3.05, 3.63) is 91.1 Å². The molecule has 1 amide bonds. The third kappa shape index (κ3) is 6.54. The van der Waals surface area contributed by atoms with Crippen molar-refractivity contribution in [2.75, 3.05) is 19.0 Å². The van der Waals surface area contributed by atoms with Gasteiger partial charge in [-0.15, -0.1) is 0 Å². The van der Waals surface area contributed by atoms with Crippen LogP contribution in [0.2, 0.25) is 0 Å². The number of halogens is 3. The number of ether oxygens (including phenoxy) is 2. The number of amides is 1. The maximum absolute atomic E-state index is 13.8. The Morgan fingerprint density at radius 2 is 1.95 bits per heavy atom. The van der Waals surface area contributed by atoms with Crippen LogP contribution in [0.4, 0.5) is 10.1 Å². The molecule has 11 heteroatoms. The molecule has 0 aliphatic rings. The molecular weight excluding hydrogens is 635 g/mol. The molecule has 0 spiro atoms. The molecular formula is C28H25Br2FN4O4. The summed E-state index contributed by atoms with van der Waals surface area (Å²) in [6.07, 6.45) is 2.30. The second kappa shape index (κ2) is 12.5. The fraction of sp³-hybridized carbons (Fsp3) is 0.214. The zero-order chi connectivity index (χ0) is 28.1. The molecule has 0 aliphatic carbocycles. The molecule has 39 heavy (non-hydrogen) atoms. The van der Waals surface area contributed by atoms with E-state index in [1.165, 1.54) is 36.2 Å². The number of methoxy groups -OCH3 is 1. The molecule has 0 unspecified atom stereocenters. The fourth-order valence-electron chi connectivity index (χ4n) is 3.71. The SMILES string of the molecule is CC[C@H](C)c1nc2ccc(Br)cc2c(=O)n1N=Cc1cc(OC)c(OCC(=O)Nc2ccccc2F)cc1Br. The first kappa shape index (κ1) is 28.4. The molecule has 0 fully saturated rings. The molecule has 1 aromatic heterocycles. The number of benzene rings is 3. The van der Waals surface area contributed by atoms with Gasteiger partial charge >= 0.3 is 0 Å². The topological polar surface area (TPSA) is 94.8 Å². The molecule has 202 valence electrons. The van der Waals surface area contributed by atoms with Gasteiger partial charge in [-0.2, -0.15) is 9.78 Å². The van der Waals surface area contributed by atoms with Crippen LogP contribution in [0, 0.1) is 5.82 Å². The Morgan fingerprint density at radius 1 is 1.18 bits per heavy atom. The first-order chi connectivity index (χ1) is 18.7. The van der Waals surface area contributed by atoms with E-state index in [1.54, 1.807) is 30.3 Å². The lowest BCUT2D eigenvalue weighted by molar-refractivity contribution is -0.118. The number of aromatic nitrogens is 2. The van der Waals surface area contributed by atoms with Crippen LogP contribution in [0.15, 0.2) is 73.4 Å². The zero-order valence-electron chi connectivity index (χ0n) is 21.4. The number of nitrogens with zero attached hydrogens (tertiary/aromatic N) is 3. The third-order valence-electron chi connectivity index (χ3n) is 5.99. The minimum Gasteiger partial charge on any atom is -0.493 e. The number of rotatable bonds is 9. The van der Waals surface area contributed by atoms with Crippen LogP contribution >= 0.6 is 31.9 Å². The number of anilines is 1. The van der Waals surface area contributed by atoms with Gasteiger partial charge in [0.05, 0.1) is 29.9 Å². The quantitative estimate of drug-likeness (QED) is 0.208. The second-order valence-electron chi connectivity index (χ2n) is 8.64. The van der Waals surface area contributed by atoms with Gasteiger partial charge < -0.3 is 14.8 Å². The number of fused-ring (bicyclic) bond motifs is 1. The van der Waals surface area contributed by atoms with Crippen LogP contribution in [0.25, 0.3) is 10.9 Å². The van der Waals surface area contributed by atoms with E-state index in [2.05, 4.69) is 42.3 Å². The molecule has 4 aromatic rings. The summed E-state index contributed by atoms with van der Waals surface area (Å²) >= 11 is 6.91. The number of hydrogen-bond donors (Lipinski definition) is 1. The second-order valence-corrected chi connectivity index (χ2v) is 10.4. The molecule has 1 N–H and O–H groups in total. The summed E-state index contributed by atoms with van der Waals surface area (Å²) < 4.78 is 27.6. The lowest BCUT2D eigenvalue weighted by Gasteiger charge is -2.15. The van der Waals surface area contributed by atoms with Gasteiger partial charge in [0.25, 0.3) is 11.5 Å². The Hall–Kier alpha value is -3.57. The average molecular weight is 660 g/mol. The monoisotopic (exact) mass is 658 g/mol. The summed E-state index contributed by atoms with van der Waals surface area (Å²) in [7, 11) is 1.47. The highest BCUT2D eigenvalue weighted by molar-refractivity contribution is 9.10. The first-order valence-electron chi connectivity index (χ1n) is 12.0. The molecule has 8 nitrogen and oxygen atoms in total. The molecule has 1 heterocycles. The Kier molecular flexibility index (Phi) is 9.13. The lowest BCUT2D eigenvalue weighted by atomic mass is 10.1. The molecule has 3 aromatic carbocycles. The van der Waals surface area contributed by atoms with Crippen molar-refractivity contribution in [3.8, 4) is 11.5 Å². The Labute approximate surface area is 241 Å². The minimum absolute atomic E-state index is 0.00726. The van der Waals surface area contributed by atoms with Crippen LogP contribution in [-0.4, -0.2) is 35.5 Å². The van der Waals surface area contributed by atoms with E-state index in [0.717, 1.165) is 10.9 Å². The molecule has 0 saturated heterocycles. The van der Waals surface area contributed by atoms with Gasteiger partial charge in [0, 0.05) is 20.4 Å². The van der Waals surface area contributed by atoms with Crippen LogP contribution < -0.4 is 20.3 Å². The van der Waals surface area contributed by atoms with E-state index in [0.29, 0.717) is 38.3 Å². The summed E-state index contributed by atoms with van der Waals surface area (Å²) in [5, 5.41) is 7.41. The highest BCUT2D eigenvalue weighted by Crippen LogP contribution is 2.33. The fourth-order valence-corrected chi connectivity index (χ4v) is 4.50. The van der Waals surface area contributed by atoms with Crippen LogP contribution in [0.1, 0.15) is 37.6 Å². The Balaban J connectivity index is 1.61. The van der Waals surface area contributed by atoms with Crippen molar-refractivity contribution in [2.24, 2.45) is 5.10 Å². The molecule has 0 radical (unpaired) electrons. The standard InChI is InChI=1S/C28H25Br2FN4O4/c1-4-16(2)27-34-22-10-9-18(29)12-19(22)28(37)35(27)32-14-17-11-24(38-3)25(13-20(17)30)39-15-26(36)33-23-8-6-5-7-21(23)31/h5-14,16H,4,15H2,1-3H3,(H,33,36)/t16-/m0/s1. The Morgan fingerprint density at radius 3 is 2.67 bits per heavy atom. The van der Waals surface area contributed by atoms with Crippen molar-refractivity contribution in [1.29, 1.82) is 0 Å². The van der Waals surface area contributed by atoms with E-state index in [4.69, 9.17) is 14.5 Å². The Bertz CT molecular complexity index is 1620. The van der Waals surface area contributed by atoms with Crippen molar-refractivity contribution >= 4 is 60.6 Å². The number of carbonyl (C=O) groups excluding carboxylic acids is 1. The van der Waals surface area contributed by atoms with Gasteiger partial charge in [0.15, 0.2) is 18.1 Å². The van der Waals surface area contributed by atoms with E-state index in [1.807, 2.05) is 19.9 Å². The predicted octanol–water partition coefficient (Wildman–Crippen LogP) is 6.48. The number of carbonyl (C=O) groups is 1. The van der Waals surface area contributed by atoms with E-state index in [-0.39, 0.29) is 23.8 Å². The molecule has 0 saturated carbocycles. The van der Waals surface area contributed by atoms with Crippen molar-refractivity contribution in [3.63, 3.8) is 0 Å². The van der Waals surface area contributed by atoms with Crippen molar-refractivity contribution in [1.82, 2.24) is 9.66 Å². The highest BCUT2D eigenvalue weighted by Gasteiger charge is 2.17. The molecule has 1 atom stereocenters. The highest BCUT2D eigenvalue weighted by atomic mass is 79.9. The normalized spacial score (nSPS) is 12.1. The van der Waals surface area contributed by atoms with E-state index >= 15 is 0 Å². The summed E-state index contributed by atoms with van der Waals surface area (Å²) in [6, 6.07) is 14.5. The molecule has 0 bridgehead atoms. The summed E-state index contributed by atoms with van der Waals surface area (Å²) in [5.74, 6) is 0.105. The smallest absolute Gasteiger partial charge is 0.282 e. The van der Waals surface area contributed by atoms with Gasteiger partial charge in [-0.05, 0) is 64.8 Å².